The molecule has 140 valence electrons. The molecule has 27 heavy (non-hydrogen) atoms. The second-order valence-corrected chi connectivity index (χ2v) is 6.36. The Morgan fingerprint density at radius 1 is 1.11 bits per heavy atom. The molecule has 2 aromatic rings. The molecule has 1 aliphatic heterocycles. The number of benzene rings is 2. The van der Waals surface area contributed by atoms with Gasteiger partial charge >= 0.3 is 5.97 Å². The van der Waals surface area contributed by atoms with Gasteiger partial charge in [-0.25, -0.2) is 0 Å². The molecule has 0 spiro atoms. The van der Waals surface area contributed by atoms with Gasteiger partial charge in [0.2, 0.25) is 5.78 Å². The maximum absolute atomic E-state index is 12.6. The fourth-order valence-electron chi connectivity index (χ4n) is 3.15. The van der Waals surface area contributed by atoms with Crippen LogP contribution < -0.4 is 14.4 Å². The first-order chi connectivity index (χ1) is 12.9. The zero-order valence-corrected chi connectivity index (χ0v) is 16.0. The molecule has 0 N–H and O–H groups in total. The van der Waals surface area contributed by atoms with Crippen LogP contribution in [0.4, 0.5) is 5.69 Å². The van der Waals surface area contributed by atoms with Crippen LogP contribution in [0.25, 0.3) is 6.08 Å². The number of anilines is 1. The summed E-state index contributed by atoms with van der Waals surface area (Å²) in [7, 11) is 0. The highest BCUT2D eigenvalue weighted by molar-refractivity contribution is 6.15. The summed E-state index contributed by atoms with van der Waals surface area (Å²) in [6.45, 7) is 9.23. The van der Waals surface area contributed by atoms with Gasteiger partial charge in [0.1, 0.15) is 11.5 Å². The SMILES string of the molecule is CCN(CC)c1ccc(/C=C2\Oc3c(ccc(OC(C)=O)c3C)C2=O)cc1. The van der Waals surface area contributed by atoms with Crippen molar-refractivity contribution in [3.63, 3.8) is 0 Å². The number of hydrogen-bond donors (Lipinski definition) is 0. The summed E-state index contributed by atoms with van der Waals surface area (Å²) in [5.74, 6) is 0.536. The number of carbonyl (C=O) groups is 2. The maximum Gasteiger partial charge on any atom is 0.308 e. The highest BCUT2D eigenvalue weighted by Gasteiger charge is 2.30. The van der Waals surface area contributed by atoms with Crippen molar-refractivity contribution in [1.29, 1.82) is 0 Å². The largest absolute Gasteiger partial charge is 0.452 e. The summed E-state index contributed by atoms with van der Waals surface area (Å²) >= 11 is 0. The number of nitrogens with zero attached hydrogens (tertiary/aromatic N) is 1. The Kier molecular flexibility index (Phi) is 5.31. The first kappa shape index (κ1) is 18.7. The maximum atomic E-state index is 12.6. The van der Waals surface area contributed by atoms with Crippen LogP contribution in [0.2, 0.25) is 0 Å². The van der Waals surface area contributed by atoms with Gasteiger partial charge in [-0.2, -0.15) is 0 Å². The van der Waals surface area contributed by atoms with Crippen molar-refractivity contribution in [2.24, 2.45) is 0 Å². The van der Waals surface area contributed by atoms with Crippen molar-refractivity contribution in [3.05, 3.63) is 58.8 Å². The van der Waals surface area contributed by atoms with Crippen LogP contribution in [-0.4, -0.2) is 24.8 Å². The van der Waals surface area contributed by atoms with Crippen LogP contribution in [0.3, 0.4) is 0 Å². The summed E-state index contributed by atoms with van der Waals surface area (Å²) in [5.41, 5.74) is 3.15. The molecular weight excluding hydrogens is 342 g/mol. The molecule has 0 unspecified atom stereocenters. The zero-order chi connectivity index (χ0) is 19.6. The van der Waals surface area contributed by atoms with Gasteiger partial charge in [-0.3, -0.25) is 9.59 Å². The summed E-state index contributed by atoms with van der Waals surface area (Å²) in [6.07, 6.45) is 1.74. The van der Waals surface area contributed by atoms with Gasteiger partial charge in [-0.1, -0.05) is 12.1 Å². The van der Waals surface area contributed by atoms with Crippen LogP contribution in [0.15, 0.2) is 42.2 Å². The molecule has 0 fully saturated rings. The van der Waals surface area contributed by atoms with E-state index in [9.17, 15) is 9.59 Å². The van der Waals surface area contributed by atoms with Gasteiger partial charge in [0.05, 0.1) is 5.56 Å². The van der Waals surface area contributed by atoms with E-state index in [0.717, 1.165) is 24.3 Å². The first-order valence-electron chi connectivity index (χ1n) is 9.05. The van der Waals surface area contributed by atoms with Gasteiger partial charge < -0.3 is 14.4 Å². The van der Waals surface area contributed by atoms with E-state index in [1.54, 1.807) is 25.1 Å². The molecule has 5 heteroatoms. The van der Waals surface area contributed by atoms with Crippen LogP contribution >= 0.6 is 0 Å². The topological polar surface area (TPSA) is 55.8 Å². The highest BCUT2D eigenvalue weighted by Crippen LogP contribution is 2.39. The van der Waals surface area contributed by atoms with E-state index in [0.29, 0.717) is 22.6 Å². The van der Waals surface area contributed by atoms with Gasteiger partial charge in [0.25, 0.3) is 0 Å². The second-order valence-electron chi connectivity index (χ2n) is 6.36. The third kappa shape index (κ3) is 3.72. The molecule has 1 aliphatic rings. The minimum absolute atomic E-state index is 0.171. The summed E-state index contributed by atoms with van der Waals surface area (Å²) in [5, 5.41) is 0. The smallest absolute Gasteiger partial charge is 0.308 e. The number of Topliss-reactive ketones (excluding diaryl/α,β-unsaturated/α-hetero) is 1. The summed E-state index contributed by atoms with van der Waals surface area (Å²) < 4.78 is 11.0. The van der Waals surface area contributed by atoms with Crippen LogP contribution in [0.1, 0.15) is 42.3 Å². The molecule has 0 aromatic heterocycles. The number of ether oxygens (including phenoxy) is 2. The van der Waals surface area contributed by atoms with E-state index in [1.165, 1.54) is 6.92 Å². The molecule has 0 atom stereocenters. The Balaban J connectivity index is 1.87. The van der Waals surface area contributed by atoms with Gasteiger partial charge in [0.15, 0.2) is 5.76 Å². The normalized spacial score (nSPS) is 14.1. The lowest BCUT2D eigenvalue weighted by Gasteiger charge is -2.20. The van der Waals surface area contributed by atoms with Gasteiger partial charge in [-0.15, -0.1) is 0 Å². The van der Waals surface area contributed by atoms with Crippen molar-refractivity contribution >= 4 is 23.5 Å². The first-order valence-corrected chi connectivity index (χ1v) is 9.05. The number of allylic oxidation sites excluding steroid dienone is 1. The molecule has 0 radical (unpaired) electrons. The van der Waals surface area contributed by atoms with Crippen molar-refractivity contribution < 1.29 is 19.1 Å². The Bertz CT molecular complexity index is 909. The Hall–Kier alpha value is -3.08. The van der Waals surface area contributed by atoms with Crippen LogP contribution in [0, 0.1) is 6.92 Å². The van der Waals surface area contributed by atoms with E-state index in [1.807, 2.05) is 24.3 Å². The molecule has 0 aliphatic carbocycles. The fraction of sp³-hybridized carbons (Fsp3) is 0.273. The quantitative estimate of drug-likeness (QED) is 0.447. The van der Waals surface area contributed by atoms with Crippen molar-refractivity contribution in [2.75, 3.05) is 18.0 Å². The number of rotatable bonds is 5. The highest BCUT2D eigenvalue weighted by atomic mass is 16.5. The molecule has 1 heterocycles. The number of hydrogen-bond acceptors (Lipinski definition) is 5. The van der Waals surface area contributed by atoms with E-state index < -0.39 is 5.97 Å². The summed E-state index contributed by atoms with van der Waals surface area (Å²) in [4.78, 5) is 26.1. The number of ketones is 1. The minimum atomic E-state index is -0.411. The monoisotopic (exact) mass is 365 g/mol. The van der Waals surface area contributed by atoms with E-state index >= 15 is 0 Å². The van der Waals surface area contributed by atoms with Crippen molar-refractivity contribution in [3.8, 4) is 11.5 Å². The van der Waals surface area contributed by atoms with Crippen LogP contribution in [0.5, 0.6) is 11.5 Å². The zero-order valence-electron chi connectivity index (χ0n) is 16.0. The lowest BCUT2D eigenvalue weighted by Crippen LogP contribution is -2.21. The summed E-state index contributed by atoms with van der Waals surface area (Å²) in [6, 6.07) is 11.3. The number of fused-ring (bicyclic) bond motifs is 1. The lowest BCUT2D eigenvalue weighted by atomic mass is 10.1. The third-order valence-electron chi connectivity index (χ3n) is 4.61. The van der Waals surface area contributed by atoms with Crippen molar-refractivity contribution in [1.82, 2.24) is 0 Å². The van der Waals surface area contributed by atoms with E-state index in [4.69, 9.17) is 9.47 Å². The van der Waals surface area contributed by atoms with Gasteiger partial charge in [-0.05, 0) is 56.7 Å². The minimum Gasteiger partial charge on any atom is -0.452 e. The van der Waals surface area contributed by atoms with E-state index in [2.05, 4.69) is 18.7 Å². The fourth-order valence-corrected chi connectivity index (χ4v) is 3.15. The van der Waals surface area contributed by atoms with Gasteiger partial charge in [0, 0.05) is 31.3 Å². The number of carbonyl (C=O) groups excluding carboxylic acids is 2. The predicted molar refractivity (Wildman–Crippen MR) is 105 cm³/mol. The third-order valence-corrected chi connectivity index (χ3v) is 4.61. The Morgan fingerprint density at radius 2 is 1.78 bits per heavy atom. The standard InChI is InChI=1S/C22H23NO4/c1-5-23(6-2)17-9-7-16(8-10-17)13-20-21(25)18-11-12-19(26-15(4)24)14(3)22(18)27-20/h7-13H,5-6H2,1-4H3/b20-13-. The second kappa shape index (κ2) is 7.66. The molecule has 0 saturated carbocycles. The Morgan fingerprint density at radius 3 is 2.37 bits per heavy atom. The molecule has 0 saturated heterocycles. The average molecular weight is 365 g/mol. The average Bonchev–Trinajstić information content (AvgIpc) is 2.96. The molecule has 5 nitrogen and oxygen atoms in total. The number of esters is 1. The molecule has 2 aromatic carbocycles. The molecule has 0 bridgehead atoms. The molecule has 3 rings (SSSR count). The van der Waals surface area contributed by atoms with Crippen molar-refractivity contribution in [2.45, 2.75) is 27.7 Å². The Labute approximate surface area is 159 Å². The molecular formula is C22H23NO4. The van der Waals surface area contributed by atoms with E-state index in [-0.39, 0.29) is 11.5 Å². The lowest BCUT2D eigenvalue weighted by molar-refractivity contribution is -0.131. The predicted octanol–water partition coefficient (Wildman–Crippen LogP) is 4.38. The van der Waals surface area contributed by atoms with Crippen LogP contribution in [-0.2, 0) is 4.79 Å². The molecule has 0 amide bonds.